The van der Waals surface area contributed by atoms with Crippen LogP contribution < -0.4 is 14.8 Å². The van der Waals surface area contributed by atoms with E-state index in [2.05, 4.69) is 5.32 Å². The largest absolute Gasteiger partial charge is 0.493 e. The van der Waals surface area contributed by atoms with Crippen molar-refractivity contribution in [1.29, 1.82) is 0 Å². The van der Waals surface area contributed by atoms with Crippen LogP contribution in [0.3, 0.4) is 0 Å². The molecule has 0 fully saturated rings. The third-order valence-electron chi connectivity index (χ3n) is 2.94. The highest BCUT2D eigenvalue weighted by Crippen LogP contribution is 2.27. The van der Waals surface area contributed by atoms with Gasteiger partial charge in [0.2, 0.25) is 6.29 Å². The summed E-state index contributed by atoms with van der Waals surface area (Å²) in [6.45, 7) is 2.03. The molecule has 5 heteroatoms. The molecule has 0 spiro atoms. The van der Waals surface area contributed by atoms with E-state index < -0.39 is 6.04 Å². The summed E-state index contributed by atoms with van der Waals surface area (Å²) in [5.41, 5.74) is 0.416. The molecular weight excluding hydrogens is 258 g/mol. The van der Waals surface area contributed by atoms with Gasteiger partial charge < -0.3 is 14.8 Å². The van der Waals surface area contributed by atoms with Crippen molar-refractivity contribution in [3.8, 4) is 11.5 Å². The molecule has 1 radical (unpaired) electrons. The van der Waals surface area contributed by atoms with E-state index in [4.69, 9.17) is 9.47 Å². The van der Waals surface area contributed by atoms with Crippen LogP contribution in [0.4, 0.5) is 0 Å². The minimum absolute atomic E-state index is 0.324. The van der Waals surface area contributed by atoms with Crippen molar-refractivity contribution < 1.29 is 19.1 Å². The molecule has 0 aliphatic rings. The van der Waals surface area contributed by atoms with Gasteiger partial charge in [-0.15, -0.1) is 0 Å². The maximum Gasteiger partial charge on any atom is 0.252 e. The van der Waals surface area contributed by atoms with Crippen LogP contribution in [-0.4, -0.2) is 32.5 Å². The van der Waals surface area contributed by atoms with E-state index in [1.807, 2.05) is 13.2 Å². The zero-order valence-corrected chi connectivity index (χ0v) is 12.1. The number of unbranched alkanes of at least 4 members (excludes halogenated alkanes) is 1. The molecule has 0 aliphatic carbocycles. The Balaban J connectivity index is 2.78. The first-order valence-electron chi connectivity index (χ1n) is 6.56. The Morgan fingerprint density at radius 2 is 2.00 bits per heavy atom. The number of carbonyl (C=O) groups excluding carboxylic acids is 2. The van der Waals surface area contributed by atoms with Crippen LogP contribution in [0.25, 0.3) is 0 Å². The van der Waals surface area contributed by atoms with Gasteiger partial charge in [0.15, 0.2) is 11.5 Å². The smallest absolute Gasteiger partial charge is 0.252 e. The Hall–Kier alpha value is -2.04. The zero-order chi connectivity index (χ0) is 15.0. The highest BCUT2D eigenvalue weighted by atomic mass is 16.5. The summed E-state index contributed by atoms with van der Waals surface area (Å²) in [7, 11) is 3.03. The molecule has 0 aromatic heterocycles. The second-order valence-electron chi connectivity index (χ2n) is 4.36. The first kappa shape index (κ1) is 16.0. The van der Waals surface area contributed by atoms with Crippen LogP contribution in [0.1, 0.15) is 36.5 Å². The maximum absolute atomic E-state index is 12.1. The predicted molar refractivity (Wildman–Crippen MR) is 76.0 cm³/mol. The number of hydrogen-bond acceptors (Lipinski definition) is 4. The molecule has 1 amide bonds. The molecule has 109 valence electrons. The summed E-state index contributed by atoms with van der Waals surface area (Å²) in [4.78, 5) is 22.9. The van der Waals surface area contributed by atoms with Crippen LogP contribution in [0.2, 0.25) is 0 Å². The highest BCUT2D eigenvalue weighted by Gasteiger charge is 2.15. The number of nitrogens with one attached hydrogen (secondary N) is 1. The van der Waals surface area contributed by atoms with Gasteiger partial charge in [0, 0.05) is 5.56 Å². The van der Waals surface area contributed by atoms with Crippen molar-refractivity contribution in [2.45, 2.75) is 32.2 Å². The van der Waals surface area contributed by atoms with Crippen LogP contribution in [0.15, 0.2) is 18.2 Å². The molecule has 20 heavy (non-hydrogen) atoms. The van der Waals surface area contributed by atoms with E-state index in [1.165, 1.54) is 14.2 Å². The summed E-state index contributed by atoms with van der Waals surface area (Å²) >= 11 is 0. The second-order valence-corrected chi connectivity index (χ2v) is 4.36. The van der Waals surface area contributed by atoms with E-state index in [-0.39, 0.29) is 5.91 Å². The second kappa shape index (κ2) is 8.19. The monoisotopic (exact) mass is 278 g/mol. The minimum Gasteiger partial charge on any atom is -0.493 e. The van der Waals surface area contributed by atoms with Crippen LogP contribution in [0.5, 0.6) is 11.5 Å². The molecule has 5 nitrogen and oxygen atoms in total. The van der Waals surface area contributed by atoms with Crippen molar-refractivity contribution in [1.82, 2.24) is 5.32 Å². The molecule has 0 heterocycles. The number of amides is 1. The van der Waals surface area contributed by atoms with Crippen LogP contribution in [-0.2, 0) is 4.79 Å². The van der Waals surface area contributed by atoms with Crippen molar-refractivity contribution in [3.05, 3.63) is 23.8 Å². The molecular formula is C15H20NO4. The van der Waals surface area contributed by atoms with E-state index >= 15 is 0 Å². The van der Waals surface area contributed by atoms with Crippen molar-refractivity contribution in [2.75, 3.05) is 14.2 Å². The van der Waals surface area contributed by atoms with Crippen LogP contribution >= 0.6 is 0 Å². The highest BCUT2D eigenvalue weighted by molar-refractivity contribution is 5.96. The summed E-state index contributed by atoms with van der Waals surface area (Å²) < 4.78 is 10.2. The Labute approximate surface area is 119 Å². The van der Waals surface area contributed by atoms with Gasteiger partial charge in [-0.25, -0.2) is 0 Å². The van der Waals surface area contributed by atoms with Gasteiger partial charge in [0.1, 0.15) is 0 Å². The molecule has 0 aliphatic heterocycles. The van der Waals surface area contributed by atoms with Crippen LogP contribution in [0, 0.1) is 0 Å². The number of hydrogen-bond donors (Lipinski definition) is 1. The summed E-state index contributed by atoms with van der Waals surface area (Å²) in [5.74, 6) is 0.698. The Morgan fingerprint density at radius 3 is 2.55 bits per heavy atom. The fraction of sp³-hybridized carbons (Fsp3) is 0.467. The number of methoxy groups -OCH3 is 2. The number of ether oxygens (including phenoxy) is 2. The summed E-state index contributed by atoms with van der Waals surface area (Å²) in [6, 6.07) is 4.28. The average molecular weight is 278 g/mol. The lowest BCUT2D eigenvalue weighted by atomic mass is 10.1. The summed E-state index contributed by atoms with van der Waals surface area (Å²) in [5, 5.41) is 2.65. The number of rotatable bonds is 8. The van der Waals surface area contributed by atoms with Gasteiger partial charge in [-0.1, -0.05) is 19.8 Å². The zero-order valence-electron chi connectivity index (χ0n) is 12.1. The molecule has 1 N–H and O–H groups in total. The van der Waals surface area contributed by atoms with Crippen molar-refractivity contribution in [3.63, 3.8) is 0 Å². The quantitative estimate of drug-likeness (QED) is 0.791. The fourth-order valence-electron chi connectivity index (χ4n) is 1.79. The topological polar surface area (TPSA) is 64.6 Å². The van der Waals surface area contributed by atoms with Gasteiger partial charge in [-0.05, 0) is 24.6 Å². The number of carbonyl (C=O) groups is 1. The SMILES string of the molecule is CCCC[C@@H]([C]=O)NC(=O)c1ccc(OC)c(OC)c1. The Morgan fingerprint density at radius 1 is 1.30 bits per heavy atom. The summed E-state index contributed by atoms with van der Waals surface area (Å²) in [6.07, 6.45) is 4.28. The van der Waals surface area contributed by atoms with E-state index in [1.54, 1.807) is 18.2 Å². The molecule has 0 saturated heterocycles. The first-order valence-corrected chi connectivity index (χ1v) is 6.56. The third-order valence-corrected chi connectivity index (χ3v) is 2.94. The van der Waals surface area contributed by atoms with E-state index in [0.29, 0.717) is 23.5 Å². The molecule has 1 aromatic rings. The standard InChI is InChI=1S/C15H20NO4/c1-4-5-6-12(10-17)16-15(18)11-7-8-13(19-2)14(9-11)20-3/h7-9,12H,4-6H2,1-3H3,(H,16,18)/t12-/m0/s1. The molecule has 1 rings (SSSR count). The lowest BCUT2D eigenvalue weighted by Gasteiger charge is -2.13. The lowest BCUT2D eigenvalue weighted by Crippen LogP contribution is -2.35. The first-order chi connectivity index (χ1) is 9.65. The third kappa shape index (κ3) is 4.26. The van der Waals surface area contributed by atoms with E-state index in [9.17, 15) is 9.59 Å². The molecule has 1 aromatic carbocycles. The van der Waals surface area contributed by atoms with Gasteiger partial charge in [-0.3, -0.25) is 9.59 Å². The lowest BCUT2D eigenvalue weighted by molar-refractivity contribution is 0.0944. The van der Waals surface area contributed by atoms with Crippen molar-refractivity contribution >= 4 is 12.2 Å². The fourth-order valence-corrected chi connectivity index (χ4v) is 1.79. The van der Waals surface area contributed by atoms with E-state index in [0.717, 1.165) is 12.8 Å². The molecule has 0 unspecified atom stereocenters. The number of benzene rings is 1. The van der Waals surface area contributed by atoms with Gasteiger partial charge >= 0.3 is 0 Å². The average Bonchev–Trinajstić information content (AvgIpc) is 2.50. The molecule has 1 atom stereocenters. The van der Waals surface area contributed by atoms with Crippen molar-refractivity contribution in [2.24, 2.45) is 0 Å². The molecule has 0 bridgehead atoms. The van der Waals surface area contributed by atoms with Gasteiger partial charge in [-0.2, -0.15) is 0 Å². The maximum atomic E-state index is 12.1. The van der Waals surface area contributed by atoms with Gasteiger partial charge in [0.05, 0.1) is 20.3 Å². The van der Waals surface area contributed by atoms with Gasteiger partial charge in [0.25, 0.3) is 5.91 Å². The Bertz CT molecular complexity index is 459. The molecule has 0 saturated carbocycles. The normalized spacial score (nSPS) is 11.6. The minimum atomic E-state index is -0.574. The predicted octanol–water partition coefficient (Wildman–Crippen LogP) is 2.10. The Kier molecular flexibility index (Phi) is 6.56.